The van der Waals surface area contributed by atoms with Crippen LogP contribution in [0.25, 0.3) is 0 Å². The molecule has 0 fully saturated rings. The van der Waals surface area contributed by atoms with Crippen LogP contribution in [0, 0.1) is 12.8 Å². The van der Waals surface area contributed by atoms with Crippen LogP contribution in [-0.4, -0.2) is 14.9 Å². The van der Waals surface area contributed by atoms with E-state index in [0.717, 1.165) is 11.4 Å². The molecular formula is C9H16N2O. The first-order valence-corrected chi connectivity index (χ1v) is 4.21. The number of aryl methyl sites for hydroxylation is 2. The Balaban J connectivity index is 2.89. The zero-order valence-corrected chi connectivity index (χ0v) is 8.07. The minimum atomic E-state index is -0.440. The van der Waals surface area contributed by atoms with Crippen LogP contribution in [0.1, 0.15) is 31.3 Å². The van der Waals surface area contributed by atoms with E-state index < -0.39 is 6.10 Å². The summed E-state index contributed by atoms with van der Waals surface area (Å²) in [6, 6.07) is 1.92. The van der Waals surface area contributed by atoms with Crippen molar-refractivity contribution in [2.45, 2.75) is 26.9 Å². The Bertz CT molecular complexity index is 246. The van der Waals surface area contributed by atoms with Crippen molar-refractivity contribution in [3.8, 4) is 0 Å². The molecule has 12 heavy (non-hydrogen) atoms. The van der Waals surface area contributed by atoms with Crippen molar-refractivity contribution in [2.24, 2.45) is 13.0 Å². The molecule has 0 saturated heterocycles. The lowest BCUT2D eigenvalue weighted by Gasteiger charge is -2.10. The lowest BCUT2D eigenvalue weighted by molar-refractivity contribution is 0.122. The van der Waals surface area contributed by atoms with Gasteiger partial charge >= 0.3 is 0 Å². The molecule has 1 aromatic rings. The third kappa shape index (κ3) is 1.67. The number of nitrogens with zero attached hydrogens (tertiary/aromatic N) is 2. The Morgan fingerprint density at radius 2 is 2.08 bits per heavy atom. The minimum Gasteiger partial charge on any atom is -0.386 e. The van der Waals surface area contributed by atoms with Gasteiger partial charge in [0.05, 0.1) is 5.69 Å². The monoisotopic (exact) mass is 168 g/mol. The van der Waals surface area contributed by atoms with Crippen molar-refractivity contribution >= 4 is 0 Å². The SMILES string of the molecule is Cc1cc([C@@H](O)C(C)C)nn1C. The summed E-state index contributed by atoms with van der Waals surface area (Å²) in [6.45, 7) is 5.94. The maximum absolute atomic E-state index is 9.66. The van der Waals surface area contributed by atoms with E-state index in [1.165, 1.54) is 0 Å². The number of hydrogen-bond acceptors (Lipinski definition) is 2. The van der Waals surface area contributed by atoms with Gasteiger partial charge in [-0.3, -0.25) is 4.68 Å². The number of aromatic nitrogens is 2. The Morgan fingerprint density at radius 3 is 2.42 bits per heavy atom. The lowest BCUT2D eigenvalue weighted by Crippen LogP contribution is -2.06. The van der Waals surface area contributed by atoms with E-state index in [1.807, 2.05) is 33.9 Å². The van der Waals surface area contributed by atoms with Crippen molar-refractivity contribution in [1.29, 1.82) is 0 Å². The molecule has 3 nitrogen and oxygen atoms in total. The maximum atomic E-state index is 9.66. The smallest absolute Gasteiger partial charge is 0.100 e. The predicted molar refractivity (Wildman–Crippen MR) is 47.7 cm³/mol. The summed E-state index contributed by atoms with van der Waals surface area (Å²) < 4.78 is 1.78. The number of rotatable bonds is 2. The number of aliphatic hydroxyl groups is 1. The standard InChI is InChI=1S/C9H16N2O/c1-6(2)9(12)8-5-7(3)11(4)10-8/h5-6,9,12H,1-4H3/t9-/m0/s1. The van der Waals surface area contributed by atoms with Gasteiger partial charge in [0, 0.05) is 12.7 Å². The van der Waals surface area contributed by atoms with Crippen LogP contribution in [0.2, 0.25) is 0 Å². The summed E-state index contributed by atoms with van der Waals surface area (Å²) in [5.74, 6) is 0.222. The molecule has 0 unspecified atom stereocenters. The lowest BCUT2D eigenvalue weighted by atomic mass is 10.0. The molecule has 0 bridgehead atoms. The molecule has 0 spiro atoms. The van der Waals surface area contributed by atoms with Gasteiger partial charge in [-0.15, -0.1) is 0 Å². The predicted octanol–water partition coefficient (Wildman–Crippen LogP) is 1.42. The first-order chi connectivity index (χ1) is 5.52. The molecule has 1 aromatic heterocycles. The molecule has 0 aliphatic heterocycles. The Hall–Kier alpha value is -0.830. The van der Waals surface area contributed by atoms with Gasteiger partial charge in [0.15, 0.2) is 0 Å². The maximum Gasteiger partial charge on any atom is 0.100 e. The van der Waals surface area contributed by atoms with Gasteiger partial charge in [0.2, 0.25) is 0 Å². The van der Waals surface area contributed by atoms with Crippen LogP contribution in [0.5, 0.6) is 0 Å². The quantitative estimate of drug-likeness (QED) is 0.725. The van der Waals surface area contributed by atoms with Crippen LogP contribution in [0.3, 0.4) is 0 Å². The molecule has 0 amide bonds. The zero-order chi connectivity index (χ0) is 9.30. The van der Waals surface area contributed by atoms with Crippen LogP contribution in [0.15, 0.2) is 6.07 Å². The Labute approximate surface area is 73.0 Å². The van der Waals surface area contributed by atoms with E-state index in [1.54, 1.807) is 4.68 Å². The van der Waals surface area contributed by atoms with Gasteiger partial charge in [0.25, 0.3) is 0 Å². The second kappa shape index (κ2) is 3.27. The van der Waals surface area contributed by atoms with E-state index >= 15 is 0 Å². The fourth-order valence-electron chi connectivity index (χ4n) is 1.07. The van der Waals surface area contributed by atoms with E-state index in [4.69, 9.17) is 0 Å². The van der Waals surface area contributed by atoms with E-state index in [2.05, 4.69) is 5.10 Å². The number of aliphatic hydroxyl groups excluding tert-OH is 1. The zero-order valence-electron chi connectivity index (χ0n) is 8.07. The number of hydrogen-bond donors (Lipinski definition) is 1. The van der Waals surface area contributed by atoms with Crippen molar-refractivity contribution in [3.63, 3.8) is 0 Å². The third-order valence-electron chi connectivity index (χ3n) is 2.07. The molecule has 1 atom stereocenters. The van der Waals surface area contributed by atoms with Crippen molar-refractivity contribution < 1.29 is 5.11 Å². The summed E-state index contributed by atoms with van der Waals surface area (Å²) in [5.41, 5.74) is 1.84. The average Bonchev–Trinajstić information content (AvgIpc) is 2.30. The normalized spacial score (nSPS) is 13.8. The molecule has 0 aliphatic carbocycles. The van der Waals surface area contributed by atoms with Gasteiger partial charge in [-0.25, -0.2) is 0 Å². The highest BCUT2D eigenvalue weighted by Crippen LogP contribution is 2.19. The minimum absolute atomic E-state index is 0.222. The average molecular weight is 168 g/mol. The van der Waals surface area contributed by atoms with E-state index in [9.17, 15) is 5.11 Å². The largest absolute Gasteiger partial charge is 0.386 e. The molecule has 0 aliphatic rings. The highest BCUT2D eigenvalue weighted by Gasteiger charge is 2.15. The van der Waals surface area contributed by atoms with E-state index in [-0.39, 0.29) is 5.92 Å². The van der Waals surface area contributed by atoms with Gasteiger partial charge in [0.1, 0.15) is 6.10 Å². The first-order valence-electron chi connectivity index (χ1n) is 4.21. The first kappa shape index (κ1) is 9.26. The van der Waals surface area contributed by atoms with Gasteiger partial charge < -0.3 is 5.11 Å². The molecule has 0 saturated carbocycles. The molecule has 1 N–H and O–H groups in total. The third-order valence-corrected chi connectivity index (χ3v) is 2.07. The fraction of sp³-hybridized carbons (Fsp3) is 0.667. The summed E-state index contributed by atoms with van der Waals surface area (Å²) in [6.07, 6.45) is -0.440. The highest BCUT2D eigenvalue weighted by molar-refractivity contribution is 5.11. The molecule has 3 heteroatoms. The van der Waals surface area contributed by atoms with Crippen LogP contribution < -0.4 is 0 Å². The van der Waals surface area contributed by atoms with Gasteiger partial charge in [-0.2, -0.15) is 5.10 Å². The fourth-order valence-corrected chi connectivity index (χ4v) is 1.07. The summed E-state index contributed by atoms with van der Waals surface area (Å²) in [7, 11) is 1.88. The highest BCUT2D eigenvalue weighted by atomic mass is 16.3. The summed E-state index contributed by atoms with van der Waals surface area (Å²) in [5, 5.41) is 13.9. The Kier molecular flexibility index (Phi) is 2.52. The molecular weight excluding hydrogens is 152 g/mol. The van der Waals surface area contributed by atoms with Crippen LogP contribution in [-0.2, 0) is 7.05 Å². The molecule has 0 radical (unpaired) electrons. The second-order valence-electron chi connectivity index (χ2n) is 3.52. The van der Waals surface area contributed by atoms with Gasteiger partial charge in [-0.1, -0.05) is 13.8 Å². The second-order valence-corrected chi connectivity index (χ2v) is 3.52. The van der Waals surface area contributed by atoms with E-state index in [0.29, 0.717) is 0 Å². The molecule has 1 heterocycles. The molecule has 68 valence electrons. The summed E-state index contributed by atoms with van der Waals surface area (Å²) in [4.78, 5) is 0. The topological polar surface area (TPSA) is 38.1 Å². The Morgan fingerprint density at radius 1 is 1.50 bits per heavy atom. The van der Waals surface area contributed by atoms with Crippen molar-refractivity contribution in [2.75, 3.05) is 0 Å². The van der Waals surface area contributed by atoms with Crippen LogP contribution in [0.4, 0.5) is 0 Å². The summed E-state index contributed by atoms with van der Waals surface area (Å²) >= 11 is 0. The van der Waals surface area contributed by atoms with Crippen molar-refractivity contribution in [1.82, 2.24) is 9.78 Å². The van der Waals surface area contributed by atoms with Crippen LogP contribution >= 0.6 is 0 Å². The molecule has 0 aromatic carbocycles. The molecule has 1 rings (SSSR count). The van der Waals surface area contributed by atoms with Crippen molar-refractivity contribution in [3.05, 3.63) is 17.5 Å². The van der Waals surface area contributed by atoms with Gasteiger partial charge in [-0.05, 0) is 18.9 Å².